The number of hydrogen-bond donors (Lipinski definition) is 2. The zero-order valence-electron chi connectivity index (χ0n) is 11.8. The van der Waals surface area contributed by atoms with Crippen molar-refractivity contribution in [3.8, 4) is 0 Å². The van der Waals surface area contributed by atoms with E-state index in [2.05, 4.69) is 5.32 Å². The number of benzene rings is 1. The molecule has 1 amide bonds. The number of carbonyl (C=O) groups is 1. The number of halogens is 3. The van der Waals surface area contributed by atoms with E-state index in [9.17, 15) is 4.79 Å². The molecule has 0 atom stereocenters. The number of hydrogen-bond acceptors (Lipinski definition) is 2. The highest BCUT2D eigenvalue weighted by Crippen LogP contribution is 2.26. The summed E-state index contributed by atoms with van der Waals surface area (Å²) >= 11 is 11.9. The van der Waals surface area contributed by atoms with Gasteiger partial charge in [0.15, 0.2) is 0 Å². The molecule has 0 unspecified atom stereocenters. The van der Waals surface area contributed by atoms with E-state index in [1.807, 2.05) is 12.1 Å². The van der Waals surface area contributed by atoms with E-state index in [-0.39, 0.29) is 18.3 Å². The summed E-state index contributed by atoms with van der Waals surface area (Å²) in [6.45, 7) is 0.550. The van der Waals surface area contributed by atoms with Crippen molar-refractivity contribution >= 4 is 41.5 Å². The largest absolute Gasteiger partial charge is 0.354 e. The lowest BCUT2D eigenvalue weighted by molar-refractivity contribution is -0.127. The van der Waals surface area contributed by atoms with Gasteiger partial charge in [0.05, 0.1) is 5.54 Å². The van der Waals surface area contributed by atoms with Crippen LogP contribution in [0, 0.1) is 0 Å². The Morgan fingerprint density at radius 1 is 1.14 bits per heavy atom. The van der Waals surface area contributed by atoms with Crippen molar-refractivity contribution < 1.29 is 4.79 Å². The summed E-state index contributed by atoms with van der Waals surface area (Å²) in [6.07, 6.45) is 5.50. The van der Waals surface area contributed by atoms with Gasteiger partial charge in [-0.3, -0.25) is 4.79 Å². The first-order chi connectivity index (χ1) is 9.49. The van der Waals surface area contributed by atoms with Gasteiger partial charge in [-0.15, -0.1) is 12.4 Å². The first-order valence-electron chi connectivity index (χ1n) is 7.02. The number of carbonyl (C=O) groups excluding carboxylic acids is 1. The van der Waals surface area contributed by atoms with Crippen molar-refractivity contribution in [2.24, 2.45) is 5.73 Å². The first-order valence-corrected chi connectivity index (χ1v) is 7.77. The number of nitrogens with one attached hydrogen (secondary N) is 1. The SMILES string of the molecule is Cl.NC1(C(=O)NCCc2cc(Cl)cc(Cl)c2)CCCCC1. The average molecular weight is 352 g/mol. The van der Waals surface area contributed by atoms with Crippen LogP contribution in [0.25, 0.3) is 0 Å². The molecule has 0 aliphatic heterocycles. The van der Waals surface area contributed by atoms with Crippen LogP contribution in [-0.4, -0.2) is 18.0 Å². The molecule has 0 bridgehead atoms. The molecule has 2 rings (SSSR count). The van der Waals surface area contributed by atoms with Crippen LogP contribution in [0.1, 0.15) is 37.7 Å². The fourth-order valence-corrected chi connectivity index (χ4v) is 3.23. The molecule has 1 fully saturated rings. The quantitative estimate of drug-likeness (QED) is 0.868. The molecule has 0 aromatic heterocycles. The van der Waals surface area contributed by atoms with Crippen LogP contribution in [0.15, 0.2) is 18.2 Å². The summed E-state index contributed by atoms with van der Waals surface area (Å²) < 4.78 is 0. The molecular formula is C15H21Cl3N2O. The second-order valence-electron chi connectivity index (χ2n) is 5.50. The van der Waals surface area contributed by atoms with Crippen molar-refractivity contribution in [2.75, 3.05) is 6.54 Å². The molecular weight excluding hydrogens is 331 g/mol. The van der Waals surface area contributed by atoms with Crippen molar-refractivity contribution in [1.82, 2.24) is 5.32 Å². The van der Waals surface area contributed by atoms with Crippen LogP contribution in [0.2, 0.25) is 10.0 Å². The third-order valence-corrected chi connectivity index (χ3v) is 4.26. The van der Waals surface area contributed by atoms with Gasteiger partial charge >= 0.3 is 0 Å². The minimum atomic E-state index is -0.676. The maximum Gasteiger partial charge on any atom is 0.240 e. The van der Waals surface area contributed by atoms with Crippen LogP contribution in [0.4, 0.5) is 0 Å². The second kappa shape index (κ2) is 8.23. The zero-order valence-corrected chi connectivity index (χ0v) is 14.2. The Morgan fingerprint density at radius 3 is 2.29 bits per heavy atom. The van der Waals surface area contributed by atoms with E-state index in [1.165, 1.54) is 6.42 Å². The molecule has 0 heterocycles. The summed E-state index contributed by atoms with van der Waals surface area (Å²) in [5.74, 6) is -0.0367. The highest BCUT2D eigenvalue weighted by Gasteiger charge is 2.34. The van der Waals surface area contributed by atoms with Gasteiger partial charge in [-0.2, -0.15) is 0 Å². The third-order valence-electron chi connectivity index (χ3n) is 3.82. The topological polar surface area (TPSA) is 55.1 Å². The molecule has 6 heteroatoms. The number of amides is 1. The Balaban J connectivity index is 0.00000220. The maximum atomic E-state index is 12.2. The Bertz CT molecular complexity index is 468. The van der Waals surface area contributed by atoms with Crippen LogP contribution in [0.3, 0.4) is 0 Å². The van der Waals surface area contributed by atoms with E-state index in [0.29, 0.717) is 23.0 Å². The molecule has 0 radical (unpaired) electrons. The fourth-order valence-electron chi connectivity index (χ4n) is 2.66. The molecule has 1 saturated carbocycles. The van der Waals surface area contributed by atoms with Crippen molar-refractivity contribution in [3.05, 3.63) is 33.8 Å². The lowest BCUT2D eigenvalue weighted by Crippen LogP contribution is -2.55. The molecule has 1 aliphatic rings. The average Bonchev–Trinajstić information content (AvgIpc) is 2.38. The Morgan fingerprint density at radius 2 is 1.71 bits per heavy atom. The van der Waals surface area contributed by atoms with Crippen LogP contribution in [0.5, 0.6) is 0 Å². The summed E-state index contributed by atoms with van der Waals surface area (Å²) in [5, 5.41) is 4.16. The van der Waals surface area contributed by atoms with Gasteiger partial charge in [0, 0.05) is 16.6 Å². The maximum absolute atomic E-state index is 12.2. The first kappa shape index (κ1) is 18.6. The third kappa shape index (κ3) is 5.33. The predicted molar refractivity (Wildman–Crippen MR) is 90.4 cm³/mol. The molecule has 3 nitrogen and oxygen atoms in total. The van der Waals surface area contributed by atoms with Gasteiger partial charge in [-0.1, -0.05) is 42.5 Å². The number of rotatable bonds is 4. The molecule has 21 heavy (non-hydrogen) atoms. The standard InChI is InChI=1S/C15H20Cl2N2O.ClH/c16-12-8-11(9-13(17)10-12)4-7-19-14(20)15(18)5-2-1-3-6-15;/h8-10H,1-7,18H2,(H,19,20);1H. The number of nitrogens with two attached hydrogens (primary N) is 1. The lowest BCUT2D eigenvalue weighted by atomic mass is 9.82. The Hall–Kier alpha value is -0.480. The Labute approximate surface area is 142 Å². The van der Waals surface area contributed by atoms with Gasteiger partial charge in [-0.05, 0) is 43.0 Å². The Kier molecular flexibility index (Phi) is 7.28. The van der Waals surface area contributed by atoms with Gasteiger partial charge in [-0.25, -0.2) is 0 Å². The molecule has 0 spiro atoms. The predicted octanol–water partition coefficient (Wildman–Crippen LogP) is 3.74. The van der Waals surface area contributed by atoms with E-state index < -0.39 is 5.54 Å². The van der Waals surface area contributed by atoms with E-state index in [0.717, 1.165) is 31.2 Å². The zero-order chi connectivity index (χ0) is 14.6. The fraction of sp³-hybridized carbons (Fsp3) is 0.533. The van der Waals surface area contributed by atoms with Crippen molar-refractivity contribution in [3.63, 3.8) is 0 Å². The molecule has 1 aliphatic carbocycles. The monoisotopic (exact) mass is 350 g/mol. The van der Waals surface area contributed by atoms with Gasteiger partial charge < -0.3 is 11.1 Å². The van der Waals surface area contributed by atoms with Gasteiger partial charge in [0.25, 0.3) is 0 Å². The second-order valence-corrected chi connectivity index (χ2v) is 6.37. The van der Waals surface area contributed by atoms with Crippen molar-refractivity contribution in [2.45, 2.75) is 44.1 Å². The lowest BCUT2D eigenvalue weighted by Gasteiger charge is -2.31. The van der Waals surface area contributed by atoms with Crippen LogP contribution < -0.4 is 11.1 Å². The van der Waals surface area contributed by atoms with Gasteiger partial charge in [0.2, 0.25) is 5.91 Å². The van der Waals surface area contributed by atoms with Crippen molar-refractivity contribution in [1.29, 1.82) is 0 Å². The van der Waals surface area contributed by atoms with E-state index in [4.69, 9.17) is 28.9 Å². The summed E-state index contributed by atoms with van der Waals surface area (Å²) in [6, 6.07) is 5.42. The molecule has 1 aromatic rings. The summed E-state index contributed by atoms with van der Waals surface area (Å²) in [4.78, 5) is 12.2. The van der Waals surface area contributed by atoms with E-state index >= 15 is 0 Å². The molecule has 3 N–H and O–H groups in total. The van der Waals surface area contributed by atoms with Crippen LogP contribution in [-0.2, 0) is 11.2 Å². The molecule has 118 valence electrons. The minimum absolute atomic E-state index is 0. The summed E-state index contributed by atoms with van der Waals surface area (Å²) in [5.41, 5.74) is 6.51. The molecule has 0 saturated heterocycles. The normalized spacial score (nSPS) is 16.9. The van der Waals surface area contributed by atoms with Crippen LogP contribution >= 0.6 is 35.6 Å². The highest BCUT2D eigenvalue weighted by atomic mass is 35.5. The minimum Gasteiger partial charge on any atom is -0.354 e. The molecule has 1 aromatic carbocycles. The highest BCUT2D eigenvalue weighted by molar-refractivity contribution is 6.34. The van der Waals surface area contributed by atoms with E-state index in [1.54, 1.807) is 6.07 Å². The smallest absolute Gasteiger partial charge is 0.240 e. The summed E-state index contributed by atoms with van der Waals surface area (Å²) in [7, 11) is 0. The van der Waals surface area contributed by atoms with Gasteiger partial charge in [0.1, 0.15) is 0 Å².